The van der Waals surface area contributed by atoms with Gasteiger partial charge in [0, 0.05) is 12.5 Å². The van der Waals surface area contributed by atoms with Crippen molar-refractivity contribution in [1.82, 2.24) is 5.32 Å². The summed E-state index contributed by atoms with van der Waals surface area (Å²) >= 11 is 0. The lowest BCUT2D eigenvalue weighted by molar-refractivity contribution is -0.139. The molecule has 2 atom stereocenters. The van der Waals surface area contributed by atoms with Gasteiger partial charge in [0.25, 0.3) is 0 Å². The smallest absolute Gasteiger partial charge is 0.341 e. The van der Waals surface area contributed by atoms with Crippen molar-refractivity contribution in [2.45, 2.75) is 46.5 Å². The number of amides is 1. The second-order valence-electron chi connectivity index (χ2n) is 8.98. The number of aryl methyl sites for hydroxylation is 1. The highest BCUT2D eigenvalue weighted by atomic mass is 16.5. The van der Waals surface area contributed by atoms with Crippen LogP contribution in [-0.2, 0) is 28.9 Å². The van der Waals surface area contributed by atoms with E-state index in [1.165, 1.54) is 11.1 Å². The van der Waals surface area contributed by atoms with Crippen molar-refractivity contribution in [2.24, 2.45) is 11.8 Å². The van der Waals surface area contributed by atoms with Crippen molar-refractivity contribution in [3.8, 4) is 17.2 Å². The van der Waals surface area contributed by atoms with E-state index < -0.39 is 5.97 Å². The molecule has 34 heavy (non-hydrogen) atoms. The third kappa shape index (κ3) is 5.82. The predicted octanol–water partition coefficient (Wildman–Crippen LogP) is 3.88. The first-order valence-electron chi connectivity index (χ1n) is 11.7. The Labute approximate surface area is 201 Å². The van der Waals surface area contributed by atoms with Gasteiger partial charge in [0.15, 0.2) is 18.1 Å². The molecule has 2 aromatic rings. The molecule has 0 bridgehead atoms. The number of ether oxygens (including phenoxy) is 3. The lowest BCUT2D eigenvalue weighted by Crippen LogP contribution is -2.36. The van der Waals surface area contributed by atoms with Crippen LogP contribution in [0.2, 0.25) is 0 Å². The van der Waals surface area contributed by atoms with Crippen LogP contribution >= 0.6 is 0 Å². The van der Waals surface area contributed by atoms with Crippen LogP contribution in [0.15, 0.2) is 24.3 Å². The maximum atomic E-state index is 12.9. The number of benzene rings is 2. The van der Waals surface area contributed by atoms with Gasteiger partial charge in [-0.05, 0) is 91.5 Å². The van der Waals surface area contributed by atoms with Crippen LogP contribution in [0.1, 0.15) is 41.2 Å². The van der Waals surface area contributed by atoms with E-state index in [1.807, 2.05) is 45.0 Å². The van der Waals surface area contributed by atoms with Crippen LogP contribution in [0.3, 0.4) is 0 Å². The Morgan fingerprint density at radius 3 is 2.50 bits per heavy atom. The summed E-state index contributed by atoms with van der Waals surface area (Å²) in [6.07, 6.45) is 3.35. The first-order chi connectivity index (χ1) is 16.2. The molecule has 0 fully saturated rings. The number of rotatable bonds is 10. The Hall–Kier alpha value is -3.22. The van der Waals surface area contributed by atoms with E-state index in [0.717, 1.165) is 36.0 Å². The number of hydrogen-bond donors (Lipinski definition) is 2. The molecule has 7 heteroatoms. The lowest BCUT2D eigenvalue weighted by Gasteiger charge is -2.31. The van der Waals surface area contributed by atoms with Crippen LogP contribution < -0.4 is 19.5 Å². The molecule has 184 valence electrons. The number of fused-ring (bicyclic) bond motifs is 1. The van der Waals surface area contributed by atoms with Crippen molar-refractivity contribution >= 4 is 11.9 Å². The highest BCUT2D eigenvalue weighted by Crippen LogP contribution is 2.37. The van der Waals surface area contributed by atoms with E-state index in [4.69, 9.17) is 19.3 Å². The molecule has 0 aliphatic heterocycles. The zero-order valence-corrected chi connectivity index (χ0v) is 20.7. The maximum Gasteiger partial charge on any atom is 0.341 e. The first-order valence-corrected chi connectivity index (χ1v) is 11.7. The SMILES string of the molecule is COc1ccc(CCNC(=O)C(C)C2CCc3c(C)cc(OCC(=O)O)c(C)c3C2)cc1OC. The van der Waals surface area contributed by atoms with Crippen LogP contribution in [0.5, 0.6) is 17.2 Å². The molecule has 2 unspecified atom stereocenters. The number of aliphatic carboxylic acids is 1. The third-order valence-electron chi connectivity index (χ3n) is 6.87. The zero-order valence-electron chi connectivity index (χ0n) is 20.7. The molecule has 1 aliphatic rings. The third-order valence-corrected chi connectivity index (χ3v) is 6.87. The number of hydrogen-bond acceptors (Lipinski definition) is 5. The van der Waals surface area contributed by atoms with E-state index in [-0.39, 0.29) is 24.3 Å². The highest BCUT2D eigenvalue weighted by Gasteiger charge is 2.30. The summed E-state index contributed by atoms with van der Waals surface area (Å²) in [5, 5.41) is 12.0. The molecule has 0 saturated carbocycles. The quantitative estimate of drug-likeness (QED) is 0.548. The minimum atomic E-state index is -0.994. The Balaban J connectivity index is 1.61. The molecule has 0 radical (unpaired) electrons. The minimum absolute atomic E-state index is 0.0570. The summed E-state index contributed by atoms with van der Waals surface area (Å²) < 4.78 is 16.1. The number of carboxylic acids is 1. The van der Waals surface area contributed by atoms with Gasteiger partial charge >= 0.3 is 5.97 Å². The van der Waals surface area contributed by atoms with Gasteiger partial charge in [0.2, 0.25) is 5.91 Å². The molecule has 0 saturated heterocycles. The summed E-state index contributed by atoms with van der Waals surface area (Å²) in [5.74, 6) is 1.14. The Morgan fingerprint density at radius 1 is 1.09 bits per heavy atom. The minimum Gasteiger partial charge on any atom is -0.493 e. The van der Waals surface area contributed by atoms with E-state index >= 15 is 0 Å². The molecular formula is C27H35NO6. The summed E-state index contributed by atoms with van der Waals surface area (Å²) in [5.41, 5.74) is 5.66. The van der Waals surface area contributed by atoms with Crippen molar-refractivity contribution in [2.75, 3.05) is 27.4 Å². The normalized spacial score (nSPS) is 15.7. The highest BCUT2D eigenvalue weighted by molar-refractivity contribution is 5.78. The first kappa shape index (κ1) is 25.4. The summed E-state index contributed by atoms with van der Waals surface area (Å²) in [4.78, 5) is 23.8. The molecule has 2 aromatic carbocycles. The molecule has 3 rings (SSSR count). The number of methoxy groups -OCH3 is 2. The number of carboxylic acid groups (broad SMARTS) is 1. The number of nitrogens with one attached hydrogen (secondary N) is 1. The van der Waals surface area contributed by atoms with Gasteiger partial charge in [0.05, 0.1) is 14.2 Å². The summed E-state index contributed by atoms with van der Waals surface area (Å²) in [6, 6.07) is 7.71. The monoisotopic (exact) mass is 469 g/mol. The van der Waals surface area contributed by atoms with Gasteiger partial charge in [-0.25, -0.2) is 4.79 Å². The zero-order chi connectivity index (χ0) is 24.8. The second kappa shape index (κ2) is 11.3. The Bertz CT molecular complexity index is 1050. The fourth-order valence-corrected chi connectivity index (χ4v) is 4.78. The molecule has 7 nitrogen and oxygen atoms in total. The van der Waals surface area contributed by atoms with Gasteiger partial charge in [0.1, 0.15) is 5.75 Å². The predicted molar refractivity (Wildman–Crippen MR) is 130 cm³/mol. The van der Waals surface area contributed by atoms with Crippen LogP contribution in [-0.4, -0.2) is 44.4 Å². The molecule has 0 spiro atoms. The van der Waals surface area contributed by atoms with Crippen molar-refractivity contribution in [3.63, 3.8) is 0 Å². The van der Waals surface area contributed by atoms with Gasteiger partial charge in [-0.1, -0.05) is 13.0 Å². The van der Waals surface area contributed by atoms with Crippen molar-refractivity contribution in [3.05, 3.63) is 52.1 Å². The van der Waals surface area contributed by atoms with Gasteiger partial charge in [-0.2, -0.15) is 0 Å². The van der Waals surface area contributed by atoms with E-state index in [1.54, 1.807) is 14.2 Å². The second-order valence-corrected chi connectivity index (χ2v) is 8.98. The fraction of sp³-hybridized carbons (Fsp3) is 0.481. The molecule has 1 amide bonds. The van der Waals surface area contributed by atoms with E-state index in [9.17, 15) is 9.59 Å². The average molecular weight is 470 g/mol. The van der Waals surface area contributed by atoms with Crippen LogP contribution in [0.4, 0.5) is 0 Å². The Kier molecular flexibility index (Phi) is 8.42. The molecular weight excluding hydrogens is 434 g/mol. The summed E-state index contributed by atoms with van der Waals surface area (Å²) in [6.45, 7) is 6.20. The van der Waals surface area contributed by atoms with Gasteiger partial charge < -0.3 is 24.6 Å². The fourth-order valence-electron chi connectivity index (χ4n) is 4.78. The molecule has 0 heterocycles. The largest absolute Gasteiger partial charge is 0.493 e. The van der Waals surface area contributed by atoms with Crippen molar-refractivity contribution < 1.29 is 28.9 Å². The Morgan fingerprint density at radius 2 is 1.82 bits per heavy atom. The topological polar surface area (TPSA) is 94.1 Å². The lowest BCUT2D eigenvalue weighted by atomic mass is 9.74. The van der Waals surface area contributed by atoms with Gasteiger partial charge in [-0.15, -0.1) is 0 Å². The molecule has 2 N–H and O–H groups in total. The molecule has 0 aromatic heterocycles. The number of carbonyl (C=O) groups is 2. The van der Waals surface area contributed by atoms with Crippen molar-refractivity contribution in [1.29, 1.82) is 0 Å². The standard InChI is InChI=1S/C27H35NO6/c1-16-12-24(34-15-26(29)30)18(3)22-14-20(7-8-21(16)22)17(2)27(31)28-11-10-19-6-9-23(32-4)25(13-19)33-5/h6,9,12-13,17,20H,7-8,10-11,14-15H2,1-5H3,(H,28,31)(H,29,30). The summed E-state index contributed by atoms with van der Waals surface area (Å²) in [7, 11) is 3.22. The van der Waals surface area contributed by atoms with E-state index in [2.05, 4.69) is 5.32 Å². The maximum absolute atomic E-state index is 12.9. The van der Waals surface area contributed by atoms with Crippen LogP contribution in [0, 0.1) is 25.7 Å². The number of carbonyl (C=O) groups excluding carboxylic acids is 1. The average Bonchev–Trinajstić information content (AvgIpc) is 2.84. The van der Waals surface area contributed by atoms with Crippen LogP contribution in [0.25, 0.3) is 0 Å². The van der Waals surface area contributed by atoms with Gasteiger partial charge in [-0.3, -0.25) is 4.79 Å². The molecule has 1 aliphatic carbocycles. The van der Waals surface area contributed by atoms with E-state index in [0.29, 0.717) is 30.2 Å².